The number of hydrogen-bond donors (Lipinski definition) is 0. The number of benzene rings is 3. The summed E-state index contributed by atoms with van der Waals surface area (Å²) in [5, 5.41) is 9.80. The summed E-state index contributed by atoms with van der Waals surface area (Å²) in [4.78, 5) is 46.0. The first-order valence-corrected chi connectivity index (χ1v) is 14.1. The molecule has 1 unspecified atom stereocenters. The number of aromatic nitrogens is 2. The molecule has 5 aromatic rings. The van der Waals surface area contributed by atoms with Crippen LogP contribution >= 0.6 is 22.9 Å². The monoisotopic (exact) mass is 586 g/mol. The van der Waals surface area contributed by atoms with Gasteiger partial charge in [-0.1, -0.05) is 66.3 Å². The van der Waals surface area contributed by atoms with Gasteiger partial charge in [0.1, 0.15) is 16.4 Å². The smallest absolute Gasteiger partial charge is 0.297 e. The minimum Gasteiger partial charge on any atom is -0.450 e. The normalized spacial score (nSPS) is 17.6. The lowest BCUT2D eigenvalue weighted by Gasteiger charge is -2.32. The number of carbonyl (C=O) groups is 2. The van der Waals surface area contributed by atoms with Gasteiger partial charge in [0.25, 0.3) is 11.8 Å². The van der Waals surface area contributed by atoms with Crippen LogP contribution in [-0.4, -0.2) is 22.0 Å². The molecule has 7 rings (SSSR count). The van der Waals surface area contributed by atoms with Crippen LogP contribution in [0.25, 0.3) is 11.0 Å². The average Bonchev–Trinajstić information content (AvgIpc) is 3.60. The molecule has 1 spiro atoms. The van der Waals surface area contributed by atoms with Crippen LogP contribution in [0.15, 0.2) is 75.9 Å². The Bertz CT molecular complexity index is 1970. The maximum absolute atomic E-state index is 14.8. The third-order valence-electron chi connectivity index (χ3n) is 7.48. The molecule has 0 aliphatic carbocycles. The largest absolute Gasteiger partial charge is 0.450 e. The van der Waals surface area contributed by atoms with Gasteiger partial charge in [-0.2, -0.15) is 0 Å². The Hall–Kier alpha value is -4.41. The summed E-state index contributed by atoms with van der Waals surface area (Å²) in [5.41, 5.74) is -1.37. The molecule has 0 radical (unpaired) electrons. The molecule has 8 nitrogen and oxygen atoms in total. The van der Waals surface area contributed by atoms with E-state index in [2.05, 4.69) is 10.2 Å². The molecule has 1 atom stereocenters. The van der Waals surface area contributed by atoms with Gasteiger partial charge in [-0.15, -0.1) is 10.2 Å². The number of anilines is 2. The van der Waals surface area contributed by atoms with Crippen LogP contribution in [0.3, 0.4) is 0 Å². The first-order valence-electron chi connectivity index (χ1n) is 12.9. The molecule has 2 aromatic heterocycles. The lowest BCUT2D eigenvalue weighted by Crippen LogP contribution is -2.53. The summed E-state index contributed by atoms with van der Waals surface area (Å²) in [6.07, 6.45) is 1.43. The SMILES string of the molecule is CCCc1nnc(N2C(=O)c3oc4ccc(Cl)cc4c(=O)c3C23C(=O)N(Cc2ccccc2F)c2ccccc23)s1. The van der Waals surface area contributed by atoms with Crippen LogP contribution in [0.4, 0.5) is 15.2 Å². The maximum atomic E-state index is 14.8. The predicted molar refractivity (Wildman–Crippen MR) is 153 cm³/mol. The van der Waals surface area contributed by atoms with Crippen LogP contribution in [0.5, 0.6) is 0 Å². The van der Waals surface area contributed by atoms with Crippen LogP contribution in [0.2, 0.25) is 5.02 Å². The zero-order valence-corrected chi connectivity index (χ0v) is 23.1. The van der Waals surface area contributed by atoms with Gasteiger partial charge in [0.15, 0.2) is 11.0 Å². The summed E-state index contributed by atoms with van der Waals surface area (Å²) in [5.74, 6) is -2.03. The van der Waals surface area contributed by atoms with E-state index in [0.29, 0.717) is 27.7 Å². The van der Waals surface area contributed by atoms with Gasteiger partial charge in [0.05, 0.1) is 23.2 Å². The first-order chi connectivity index (χ1) is 19.9. The second-order valence-corrected chi connectivity index (χ2v) is 11.3. The first kappa shape index (κ1) is 25.6. The highest BCUT2D eigenvalue weighted by atomic mass is 35.5. The summed E-state index contributed by atoms with van der Waals surface area (Å²) in [7, 11) is 0. The van der Waals surface area contributed by atoms with Crippen molar-refractivity contribution in [1.82, 2.24) is 10.2 Å². The van der Waals surface area contributed by atoms with Gasteiger partial charge >= 0.3 is 0 Å². The Morgan fingerprint density at radius 1 is 1.02 bits per heavy atom. The van der Waals surface area contributed by atoms with Gasteiger partial charge in [-0.25, -0.2) is 4.39 Å². The van der Waals surface area contributed by atoms with Crippen LogP contribution < -0.4 is 15.2 Å². The number of nitrogens with zero attached hydrogens (tertiary/aromatic N) is 4. The zero-order chi connectivity index (χ0) is 28.5. The number of rotatable bonds is 5. The molecule has 0 bridgehead atoms. The van der Waals surface area contributed by atoms with Crippen molar-refractivity contribution in [2.45, 2.75) is 31.8 Å². The molecular weight excluding hydrogens is 567 g/mol. The molecule has 3 aromatic carbocycles. The Labute approximate surface area is 241 Å². The third-order valence-corrected chi connectivity index (χ3v) is 8.69. The molecular formula is C30H20ClFN4O4S. The van der Waals surface area contributed by atoms with E-state index in [9.17, 15) is 18.8 Å². The van der Waals surface area contributed by atoms with Crippen LogP contribution in [-0.2, 0) is 23.3 Å². The molecule has 4 heterocycles. The summed E-state index contributed by atoms with van der Waals surface area (Å²) < 4.78 is 20.9. The van der Waals surface area contributed by atoms with E-state index in [1.807, 2.05) is 6.92 Å². The Balaban J connectivity index is 1.55. The maximum Gasteiger partial charge on any atom is 0.297 e. The number of aryl methyl sites for hydroxylation is 1. The summed E-state index contributed by atoms with van der Waals surface area (Å²) >= 11 is 7.41. The van der Waals surface area contributed by atoms with E-state index in [1.54, 1.807) is 48.5 Å². The minimum absolute atomic E-state index is 0.121. The van der Waals surface area contributed by atoms with Crippen LogP contribution in [0, 0.1) is 5.82 Å². The van der Waals surface area contributed by atoms with E-state index in [4.69, 9.17) is 16.0 Å². The molecule has 41 heavy (non-hydrogen) atoms. The molecule has 11 heteroatoms. The average molecular weight is 587 g/mol. The van der Waals surface area contributed by atoms with E-state index in [1.165, 1.54) is 39.3 Å². The Morgan fingerprint density at radius 3 is 2.61 bits per heavy atom. The van der Waals surface area contributed by atoms with E-state index >= 15 is 0 Å². The van der Waals surface area contributed by atoms with Gasteiger partial charge < -0.3 is 9.32 Å². The summed E-state index contributed by atoms with van der Waals surface area (Å²) in [6.45, 7) is 1.87. The van der Waals surface area contributed by atoms with Gasteiger partial charge in [-0.05, 0) is 36.8 Å². The summed E-state index contributed by atoms with van der Waals surface area (Å²) in [6, 6.07) is 17.6. The van der Waals surface area contributed by atoms with Crippen molar-refractivity contribution >= 4 is 56.5 Å². The fourth-order valence-electron chi connectivity index (χ4n) is 5.74. The number of halogens is 2. The lowest BCUT2D eigenvalue weighted by molar-refractivity contribution is -0.121. The number of fused-ring (bicyclic) bond motifs is 5. The molecule has 0 saturated carbocycles. The lowest BCUT2D eigenvalue weighted by atomic mass is 9.84. The molecule has 2 amide bonds. The van der Waals surface area contributed by atoms with Crippen molar-refractivity contribution in [2.75, 3.05) is 9.80 Å². The highest BCUT2D eigenvalue weighted by molar-refractivity contribution is 7.15. The fraction of sp³-hybridized carbons (Fsp3) is 0.167. The van der Waals surface area contributed by atoms with Crippen LogP contribution in [0.1, 0.15) is 45.6 Å². The number of para-hydroxylation sites is 1. The van der Waals surface area contributed by atoms with Crippen molar-refractivity contribution < 1.29 is 18.4 Å². The molecule has 0 saturated heterocycles. The Kier molecular flexibility index (Phi) is 5.81. The second-order valence-electron chi connectivity index (χ2n) is 9.85. The molecule has 0 N–H and O–H groups in total. The zero-order valence-electron chi connectivity index (χ0n) is 21.6. The highest BCUT2D eigenvalue weighted by Gasteiger charge is 2.66. The number of amides is 2. The van der Waals surface area contributed by atoms with Crippen molar-refractivity contribution in [1.29, 1.82) is 0 Å². The quantitative estimate of drug-likeness (QED) is 0.257. The van der Waals surface area contributed by atoms with Crippen molar-refractivity contribution in [3.05, 3.63) is 115 Å². The number of carbonyl (C=O) groups excluding carboxylic acids is 2. The van der Waals surface area contributed by atoms with Crippen molar-refractivity contribution in [3.63, 3.8) is 0 Å². The third kappa shape index (κ3) is 3.53. The van der Waals surface area contributed by atoms with E-state index in [-0.39, 0.29) is 39.5 Å². The fourth-order valence-corrected chi connectivity index (χ4v) is 6.90. The molecule has 2 aliphatic heterocycles. The number of hydrogen-bond acceptors (Lipinski definition) is 7. The standard InChI is InChI=1S/C30H20ClFN4O4S/c1-2-7-23-33-34-29(41-23)36-27(38)26-24(25(37)18-14-17(31)12-13-22(18)40-26)30(36)19-9-4-6-11-21(19)35(28(30)39)15-16-8-3-5-10-20(16)32/h3-6,8-14H,2,7,15H2,1H3. The molecule has 204 valence electrons. The van der Waals surface area contributed by atoms with Crippen molar-refractivity contribution in [3.8, 4) is 0 Å². The van der Waals surface area contributed by atoms with Gasteiger partial charge in [0.2, 0.25) is 10.9 Å². The minimum atomic E-state index is -1.95. The predicted octanol–water partition coefficient (Wildman–Crippen LogP) is 5.84. The molecule has 2 aliphatic rings. The molecule has 0 fully saturated rings. The van der Waals surface area contributed by atoms with Gasteiger partial charge in [0, 0.05) is 22.6 Å². The van der Waals surface area contributed by atoms with E-state index in [0.717, 1.165) is 6.42 Å². The highest BCUT2D eigenvalue weighted by Crippen LogP contribution is 2.54. The Morgan fingerprint density at radius 2 is 1.80 bits per heavy atom. The van der Waals surface area contributed by atoms with E-state index < -0.39 is 28.6 Å². The van der Waals surface area contributed by atoms with Crippen molar-refractivity contribution in [2.24, 2.45) is 0 Å². The topological polar surface area (TPSA) is 96.6 Å². The second kappa shape index (κ2) is 9.32. The van der Waals surface area contributed by atoms with Gasteiger partial charge in [-0.3, -0.25) is 19.3 Å².